The number of nitrogens with zero attached hydrogens (tertiary/aromatic N) is 1. The lowest BCUT2D eigenvalue weighted by molar-refractivity contribution is -0.120. The molecule has 0 aliphatic heterocycles. The summed E-state index contributed by atoms with van der Waals surface area (Å²) in [6.45, 7) is 0.902. The molecule has 4 N–H and O–H groups in total. The van der Waals surface area contributed by atoms with Gasteiger partial charge in [-0.05, 0) is 13.0 Å². The van der Waals surface area contributed by atoms with E-state index in [-0.39, 0.29) is 18.9 Å². The maximum absolute atomic E-state index is 11.5. The van der Waals surface area contributed by atoms with Crippen molar-refractivity contribution in [3.8, 4) is 0 Å². The molecule has 0 saturated heterocycles. The molecule has 0 aliphatic rings. The Balaban J connectivity index is 3.99. The van der Waals surface area contributed by atoms with E-state index in [1.165, 1.54) is 18.4 Å². The monoisotopic (exact) mass is 252 g/mol. The summed E-state index contributed by atoms with van der Waals surface area (Å²) < 4.78 is 26.6. The lowest BCUT2D eigenvalue weighted by Crippen LogP contribution is -2.40. The summed E-state index contributed by atoms with van der Waals surface area (Å²) in [5.41, 5.74) is 5.28. The van der Waals surface area contributed by atoms with Crippen LogP contribution in [0, 0.1) is 0 Å². The third kappa shape index (κ3) is 6.01. The number of carbonyl (C=O) groups excluding carboxylic acids is 1. The van der Waals surface area contributed by atoms with Crippen molar-refractivity contribution in [3.05, 3.63) is 0 Å². The molecule has 0 aliphatic carbocycles. The summed E-state index contributed by atoms with van der Waals surface area (Å²) >= 11 is 0. The minimum Gasteiger partial charge on any atom is -0.359 e. The van der Waals surface area contributed by atoms with Crippen LogP contribution in [0.2, 0.25) is 0 Å². The second-order valence-corrected chi connectivity index (χ2v) is 5.15. The van der Waals surface area contributed by atoms with E-state index in [0.717, 1.165) is 0 Å². The molecule has 0 saturated carbocycles. The predicted molar refractivity (Wildman–Crippen MR) is 61.9 cm³/mol. The fraction of sp³-hybridized carbons (Fsp3) is 0.875. The van der Waals surface area contributed by atoms with Crippen molar-refractivity contribution in [2.24, 2.45) is 5.73 Å². The van der Waals surface area contributed by atoms with E-state index in [4.69, 9.17) is 5.73 Å². The highest BCUT2D eigenvalue weighted by atomic mass is 32.2. The number of amides is 1. The number of rotatable bonds is 8. The molecule has 1 amide bonds. The molecule has 0 aromatic heterocycles. The summed E-state index contributed by atoms with van der Waals surface area (Å²) in [6.07, 6.45) is 0.729. The molecule has 0 radical (unpaired) electrons. The van der Waals surface area contributed by atoms with E-state index in [1.54, 1.807) is 0 Å². The van der Waals surface area contributed by atoms with Crippen molar-refractivity contribution in [2.45, 2.75) is 12.8 Å². The molecule has 0 spiro atoms. The summed E-state index contributed by atoms with van der Waals surface area (Å²) in [5.74, 6) is -0.202. The maximum Gasteiger partial charge on any atom is 0.279 e. The van der Waals surface area contributed by atoms with Crippen LogP contribution in [0.4, 0.5) is 0 Å². The lowest BCUT2D eigenvalue weighted by Gasteiger charge is -2.16. The number of nitrogens with one attached hydrogen (secondary N) is 2. The summed E-state index contributed by atoms with van der Waals surface area (Å²) in [6, 6.07) is 0. The van der Waals surface area contributed by atoms with E-state index in [0.29, 0.717) is 19.5 Å². The average molecular weight is 252 g/mol. The fourth-order valence-electron chi connectivity index (χ4n) is 0.963. The van der Waals surface area contributed by atoms with Gasteiger partial charge in [-0.15, -0.1) is 0 Å². The van der Waals surface area contributed by atoms with Gasteiger partial charge in [0.15, 0.2) is 0 Å². The molecule has 8 heteroatoms. The lowest BCUT2D eigenvalue weighted by atomic mass is 10.4. The number of hydrogen-bond acceptors (Lipinski definition) is 4. The van der Waals surface area contributed by atoms with Crippen molar-refractivity contribution in [2.75, 3.05) is 33.7 Å². The van der Waals surface area contributed by atoms with Crippen molar-refractivity contribution in [1.82, 2.24) is 14.3 Å². The van der Waals surface area contributed by atoms with Crippen LogP contribution in [-0.4, -0.2) is 52.4 Å². The number of nitrogens with two attached hydrogens (primary N) is 1. The molecule has 7 nitrogen and oxygen atoms in total. The summed E-state index contributed by atoms with van der Waals surface area (Å²) in [5, 5.41) is 2.41. The van der Waals surface area contributed by atoms with E-state index in [9.17, 15) is 13.2 Å². The Morgan fingerprint density at radius 3 is 2.56 bits per heavy atom. The topological polar surface area (TPSA) is 105 Å². The average Bonchev–Trinajstić information content (AvgIpc) is 2.25. The first-order valence-electron chi connectivity index (χ1n) is 5.05. The van der Waals surface area contributed by atoms with Crippen molar-refractivity contribution >= 4 is 16.1 Å². The highest BCUT2D eigenvalue weighted by molar-refractivity contribution is 7.87. The second kappa shape index (κ2) is 7.55. The SMILES string of the molecule is CNC(=O)CCNS(=O)(=O)N(C)CCCN. The Morgan fingerprint density at radius 1 is 1.44 bits per heavy atom. The zero-order valence-corrected chi connectivity index (χ0v) is 10.5. The van der Waals surface area contributed by atoms with Crippen LogP contribution in [0.1, 0.15) is 12.8 Å². The normalized spacial score (nSPS) is 11.8. The van der Waals surface area contributed by atoms with Crippen molar-refractivity contribution in [3.63, 3.8) is 0 Å². The molecule has 0 heterocycles. The molecule has 0 aromatic rings. The van der Waals surface area contributed by atoms with Gasteiger partial charge in [0.2, 0.25) is 5.91 Å². The predicted octanol–water partition coefficient (Wildman–Crippen LogP) is -1.76. The second-order valence-electron chi connectivity index (χ2n) is 3.29. The first-order valence-corrected chi connectivity index (χ1v) is 6.49. The van der Waals surface area contributed by atoms with Gasteiger partial charge in [-0.3, -0.25) is 4.79 Å². The Kier molecular flexibility index (Phi) is 7.22. The van der Waals surface area contributed by atoms with Crippen LogP contribution < -0.4 is 15.8 Å². The highest BCUT2D eigenvalue weighted by Gasteiger charge is 2.16. The van der Waals surface area contributed by atoms with Crippen LogP contribution in [0.5, 0.6) is 0 Å². The van der Waals surface area contributed by atoms with Crippen LogP contribution in [0.3, 0.4) is 0 Å². The first-order chi connectivity index (χ1) is 7.44. The maximum atomic E-state index is 11.5. The molecule has 0 aromatic carbocycles. The van der Waals surface area contributed by atoms with Gasteiger partial charge in [0.25, 0.3) is 10.2 Å². The Bertz CT molecular complexity index is 304. The van der Waals surface area contributed by atoms with E-state index in [2.05, 4.69) is 10.0 Å². The van der Waals surface area contributed by atoms with Crippen LogP contribution in [-0.2, 0) is 15.0 Å². The Labute approximate surface area is 96.6 Å². The molecule has 0 unspecified atom stereocenters. The largest absolute Gasteiger partial charge is 0.359 e. The van der Waals surface area contributed by atoms with E-state index < -0.39 is 10.2 Å². The minimum absolute atomic E-state index is 0.0922. The number of hydrogen-bond donors (Lipinski definition) is 3. The van der Waals surface area contributed by atoms with Gasteiger partial charge in [-0.25, -0.2) is 4.72 Å². The van der Waals surface area contributed by atoms with Crippen LogP contribution in [0.25, 0.3) is 0 Å². The van der Waals surface area contributed by atoms with Gasteiger partial charge in [0.05, 0.1) is 0 Å². The quantitative estimate of drug-likeness (QED) is 0.476. The summed E-state index contributed by atoms with van der Waals surface area (Å²) in [4.78, 5) is 10.9. The Morgan fingerprint density at radius 2 is 2.06 bits per heavy atom. The third-order valence-electron chi connectivity index (χ3n) is 2.00. The van der Waals surface area contributed by atoms with Crippen LogP contribution in [0.15, 0.2) is 0 Å². The minimum atomic E-state index is -3.49. The first kappa shape index (κ1) is 15.3. The molecular weight excluding hydrogens is 232 g/mol. The van der Waals surface area contributed by atoms with Crippen molar-refractivity contribution in [1.29, 1.82) is 0 Å². The van der Waals surface area contributed by atoms with E-state index >= 15 is 0 Å². The molecule has 0 atom stereocenters. The third-order valence-corrected chi connectivity index (χ3v) is 3.57. The Hall–Kier alpha value is -0.700. The number of carbonyl (C=O) groups is 1. The van der Waals surface area contributed by atoms with Gasteiger partial charge >= 0.3 is 0 Å². The molecule has 96 valence electrons. The van der Waals surface area contributed by atoms with Crippen LogP contribution >= 0.6 is 0 Å². The van der Waals surface area contributed by atoms with Gasteiger partial charge in [-0.2, -0.15) is 12.7 Å². The molecule has 0 fully saturated rings. The van der Waals surface area contributed by atoms with Gasteiger partial charge in [0, 0.05) is 33.6 Å². The zero-order valence-electron chi connectivity index (χ0n) is 9.69. The molecule has 0 bridgehead atoms. The molecular formula is C8H20N4O3S. The van der Waals surface area contributed by atoms with Gasteiger partial charge in [-0.1, -0.05) is 0 Å². The molecule has 0 rings (SSSR count). The standard InChI is InChI=1S/C8H20N4O3S/c1-10-8(13)4-6-11-16(14,15)12(2)7-3-5-9/h11H,3-7,9H2,1-2H3,(H,10,13). The summed E-state index contributed by atoms with van der Waals surface area (Å²) in [7, 11) is -0.514. The zero-order chi connectivity index (χ0) is 12.6. The van der Waals surface area contributed by atoms with Gasteiger partial charge in [0.1, 0.15) is 0 Å². The fourth-order valence-corrected chi connectivity index (χ4v) is 1.91. The van der Waals surface area contributed by atoms with E-state index in [1.807, 2.05) is 0 Å². The highest BCUT2D eigenvalue weighted by Crippen LogP contribution is 1.95. The van der Waals surface area contributed by atoms with Crippen molar-refractivity contribution < 1.29 is 13.2 Å². The smallest absolute Gasteiger partial charge is 0.279 e. The van der Waals surface area contributed by atoms with Gasteiger partial charge < -0.3 is 11.1 Å². The molecule has 16 heavy (non-hydrogen) atoms.